The van der Waals surface area contributed by atoms with Gasteiger partial charge in [-0.15, -0.1) is 0 Å². The minimum absolute atomic E-state index is 0.0351. The molecule has 0 saturated carbocycles. The van der Waals surface area contributed by atoms with E-state index in [0.29, 0.717) is 0 Å². The van der Waals surface area contributed by atoms with E-state index in [1.54, 1.807) is 0 Å². The van der Waals surface area contributed by atoms with Gasteiger partial charge in [0.1, 0.15) is 0 Å². The molecule has 0 spiro atoms. The van der Waals surface area contributed by atoms with Crippen molar-refractivity contribution in [2.75, 3.05) is 14.7 Å². The van der Waals surface area contributed by atoms with Crippen molar-refractivity contribution >= 4 is 95.8 Å². The Morgan fingerprint density at radius 2 is 0.776 bits per heavy atom. The maximum atomic E-state index is 2.57. The number of aryl methyl sites for hydroxylation is 4. The van der Waals surface area contributed by atoms with Crippen LogP contribution < -0.4 is 31.1 Å². The summed E-state index contributed by atoms with van der Waals surface area (Å²) >= 11 is 0. The second-order valence-corrected chi connectivity index (χ2v) is 15.9. The molecule has 0 fully saturated rings. The van der Waals surface area contributed by atoms with Gasteiger partial charge in [0.25, 0.3) is 6.71 Å². The van der Waals surface area contributed by atoms with Crippen molar-refractivity contribution in [2.24, 2.45) is 0 Å². The van der Waals surface area contributed by atoms with E-state index in [9.17, 15) is 0 Å². The lowest BCUT2D eigenvalue weighted by Gasteiger charge is -2.46. The number of para-hydroxylation sites is 4. The molecule has 2 heterocycles. The monoisotopic (exact) mass is 743 g/mol. The van der Waals surface area contributed by atoms with Crippen LogP contribution in [0.1, 0.15) is 22.3 Å². The van der Waals surface area contributed by atoms with Gasteiger partial charge in [-0.25, -0.2) is 0 Å². The molecular weight excluding hydrogens is 701 g/mol. The Morgan fingerprint density at radius 1 is 0.379 bits per heavy atom. The molecule has 0 aliphatic carbocycles. The van der Waals surface area contributed by atoms with Crippen LogP contribution in [-0.4, -0.2) is 6.71 Å². The molecular formula is C54H42BN3. The molecule has 0 unspecified atom stereocenters. The Hall–Kier alpha value is -7.04. The van der Waals surface area contributed by atoms with E-state index in [2.05, 4.69) is 224 Å². The fourth-order valence-electron chi connectivity index (χ4n) is 9.91. The first-order chi connectivity index (χ1) is 28.5. The largest absolute Gasteiger partial charge is 0.311 e. The minimum atomic E-state index is 0.0351. The highest BCUT2D eigenvalue weighted by Gasteiger charge is 2.45. The third kappa shape index (κ3) is 5.08. The molecule has 0 N–H and O–H groups in total. The number of hydrogen-bond donors (Lipinski definition) is 0. The van der Waals surface area contributed by atoms with Crippen molar-refractivity contribution in [3.05, 3.63) is 204 Å². The summed E-state index contributed by atoms with van der Waals surface area (Å²) in [5.74, 6) is 0. The average molecular weight is 744 g/mol. The van der Waals surface area contributed by atoms with Crippen LogP contribution >= 0.6 is 0 Å². The fourth-order valence-corrected chi connectivity index (χ4v) is 9.91. The van der Waals surface area contributed by atoms with Crippen LogP contribution in [0.2, 0.25) is 0 Å². The van der Waals surface area contributed by atoms with Crippen molar-refractivity contribution in [1.29, 1.82) is 0 Å². The van der Waals surface area contributed by atoms with E-state index in [-0.39, 0.29) is 6.71 Å². The molecule has 11 rings (SSSR count). The van der Waals surface area contributed by atoms with Crippen LogP contribution in [0.4, 0.5) is 51.2 Å². The Labute approximate surface area is 341 Å². The van der Waals surface area contributed by atoms with Gasteiger partial charge in [-0.2, -0.15) is 0 Å². The topological polar surface area (TPSA) is 9.72 Å². The zero-order valence-electron chi connectivity index (χ0n) is 33.2. The van der Waals surface area contributed by atoms with Crippen molar-refractivity contribution in [1.82, 2.24) is 0 Å². The van der Waals surface area contributed by atoms with E-state index < -0.39 is 0 Å². The van der Waals surface area contributed by atoms with Crippen molar-refractivity contribution in [3.8, 4) is 0 Å². The molecule has 3 nitrogen and oxygen atoms in total. The molecule has 58 heavy (non-hydrogen) atoms. The summed E-state index contributed by atoms with van der Waals surface area (Å²) < 4.78 is 0. The molecule has 276 valence electrons. The van der Waals surface area contributed by atoms with Gasteiger partial charge in [-0.05, 0) is 114 Å². The zero-order valence-corrected chi connectivity index (χ0v) is 33.2. The molecule has 4 heteroatoms. The van der Waals surface area contributed by atoms with Crippen molar-refractivity contribution in [2.45, 2.75) is 27.7 Å². The molecule has 0 bridgehead atoms. The van der Waals surface area contributed by atoms with E-state index in [1.807, 2.05) is 0 Å². The lowest BCUT2D eigenvalue weighted by atomic mass is 9.33. The van der Waals surface area contributed by atoms with Gasteiger partial charge in [0, 0.05) is 44.9 Å². The van der Waals surface area contributed by atoms with Crippen LogP contribution in [-0.2, 0) is 0 Å². The summed E-state index contributed by atoms with van der Waals surface area (Å²) in [6.45, 7) is 9.07. The molecule has 0 amide bonds. The number of anilines is 9. The van der Waals surface area contributed by atoms with Crippen LogP contribution in [0.3, 0.4) is 0 Å². The summed E-state index contributed by atoms with van der Waals surface area (Å²) in [4.78, 5) is 7.66. The zero-order chi connectivity index (χ0) is 39.1. The van der Waals surface area contributed by atoms with Crippen LogP contribution in [0.15, 0.2) is 182 Å². The van der Waals surface area contributed by atoms with Gasteiger partial charge < -0.3 is 14.7 Å². The quantitative estimate of drug-likeness (QED) is 0.163. The molecule has 0 atom stereocenters. The standard InChI is InChI=1S/C54H42BN3/c1-35-17-5-11-29-46(35)57-50-33-41(56(48-31-15-23-39-21-7-9-25-42(39)48)49-32-16-24-40-22-8-10-26-43(40)49)34-51-52(50)55(44-27-13-19-37(3)53(44)57)45-28-14-20-38(4)54(45)58(51)47-30-12-6-18-36(47)2/h5-34H,1-4H3. The van der Waals surface area contributed by atoms with Gasteiger partial charge >= 0.3 is 0 Å². The summed E-state index contributed by atoms with van der Waals surface area (Å²) in [7, 11) is 0. The highest BCUT2D eigenvalue weighted by molar-refractivity contribution is 7.00. The Bertz CT molecular complexity index is 2900. The van der Waals surface area contributed by atoms with Gasteiger partial charge in [0.2, 0.25) is 0 Å². The number of fused-ring (bicyclic) bond motifs is 6. The van der Waals surface area contributed by atoms with Crippen LogP contribution in [0.25, 0.3) is 21.5 Å². The van der Waals surface area contributed by atoms with Gasteiger partial charge in [-0.1, -0.05) is 146 Å². The third-order valence-electron chi connectivity index (χ3n) is 12.5. The summed E-state index contributed by atoms with van der Waals surface area (Å²) in [5, 5.41) is 4.83. The Balaban J connectivity index is 1.33. The Kier molecular flexibility index (Phi) is 7.84. The highest BCUT2D eigenvalue weighted by atomic mass is 15.2. The summed E-state index contributed by atoms with van der Waals surface area (Å²) in [5.41, 5.74) is 19.7. The maximum Gasteiger partial charge on any atom is 0.252 e. The summed E-state index contributed by atoms with van der Waals surface area (Å²) in [6, 6.07) is 67.5. The second kappa shape index (κ2) is 13.3. The number of hydrogen-bond acceptors (Lipinski definition) is 3. The molecule has 0 radical (unpaired) electrons. The average Bonchev–Trinajstić information content (AvgIpc) is 3.25. The van der Waals surface area contributed by atoms with Crippen LogP contribution in [0.5, 0.6) is 0 Å². The molecule has 9 aromatic rings. The van der Waals surface area contributed by atoms with E-state index in [4.69, 9.17) is 0 Å². The number of rotatable bonds is 5. The summed E-state index contributed by atoms with van der Waals surface area (Å²) in [6.07, 6.45) is 0. The number of nitrogens with zero attached hydrogens (tertiary/aromatic N) is 3. The second-order valence-electron chi connectivity index (χ2n) is 15.9. The SMILES string of the molecule is Cc1ccccc1N1c2cc(N(c3cccc4ccccc34)c3cccc4ccccc34)cc3c2B(c2cccc(C)c21)c1cccc(C)c1N3c1ccccc1C. The van der Waals surface area contributed by atoms with Gasteiger partial charge in [-0.3, -0.25) is 0 Å². The minimum Gasteiger partial charge on any atom is -0.311 e. The number of benzene rings is 9. The lowest BCUT2D eigenvalue weighted by molar-refractivity contribution is 1.19. The molecule has 2 aliphatic heterocycles. The van der Waals surface area contributed by atoms with E-state index >= 15 is 0 Å². The predicted molar refractivity (Wildman–Crippen MR) is 249 cm³/mol. The Morgan fingerprint density at radius 3 is 1.26 bits per heavy atom. The first kappa shape index (κ1) is 34.2. The maximum absolute atomic E-state index is 2.57. The lowest BCUT2D eigenvalue weighted by Crippen LogP contribution is -2.61. The molecule has 2 aliphatic rings. The van der Waals surface area contributed by atoms with E-state index in [0.717, 1.165) is 17.1 Å². The highest BCUT2D eigenvalue weighted by Crippen LogP contribution is 2.51. The predicted octanol–water partition coefficient (Wildman–Crippen LogP) is 12.8. The van der Waals surface area contributed by atoms with Crippen molar-refractivity contribution < 1.29 is 0 Å². The smallest absolute Gasteiger partial charge is 0.252 e. The normalized spacial score (nSPS) is 12.7. The fraction of sp³-hybridized carbons (Fsp3) is 0.0741. The first-order valence-electron chi connectivity index (χ1n) is 20.3. The van der Waals surface area contributed by atoms with Crippen molar-refractivity contribution in [3.63, 3.8) is 0 Å². The molecule has 9 aromatic carbocycles. The van der Waals surface area contributed by atoms with Gasteiger partial charge in [0.05, 0.1) is 17.1 Å². The first-order valence-corrected chi connectivity index (χ1v) is 20.3. The molecule has 0 saturated heterocycles. The third-order valence-corrected chi connectivity index (χ3v) is 12.5. The van der Waals surface area contributed by atoms with Gasteiger partial charge in [0.15, 0.2) is 0 Å². The molecule has 0 aromatic heterocycles. The van der Waals surface area contributed by atoms with Crippen LogP contribution in [0, 0.1) is 27.7 Å². The van der Waals surface area contributed by atoms with E-state index in [1.165, 1.54) is 94.3 Å².